The summed E-state index contributed by atoms with van der Waals surface area (Å²) in [4.78, 5) is 2.39. The van der Waals surface area contributed by atoms with Crippen molar-refractivity contribution in [3.05, 3.63) is 83.4 Å². The highest BCUT2D eigenvalue weighted by molar-refractivity contribution is 7.99. The van der Waals surface area contributed by atoms with Crippen molar-refractivity contribution >= 4 is 29.1 Å². The molecule has 2 nitrogen and oxygen atoms in total. The molecule has 23 heavy (non-hydrogen) atoms. The Balaban J connectivity index is 1.77. The third kappa shape index (κ3) is 4.01. The van der Waals surface area contributed by atoms with E-state index in [1.54, 1.807) is 17.8 Å². The number of hydrogen-bond donors (Lipinski definition) is 2. The molecular formula is C19H16ClNOS. The van der Waals surface area contributed by atoms with Gasteiger partial charge in [0.1, 0.15) is 0 Å². The maximum Gasteiger partial charge on any atom is 0.157 e. The zero-order chi connectivity index (χ0) is 16.1. The van der Waals surface area contributed by atoms with E-state index in [2.05, 4.69) is 29.6 Å². The summed E-state index contributed by atoms with van der Waals surface area (Å²) in [5, 5.41) is 13.6. The van der Waals surface area contributed by atoms with Crippen LogP contribution < -0.4 is 5.32 Å². The molecule has 0 spiro atoms. The van der Waals surface area contributed by atoms with Gasteiger partial charge in [-0.2, -0.15) is 0 Å². The van der Waals surface area contributed by atoms with Gasteiger partial charge < -0.3 is 10.4 Å². The topological polar surface area (TPSA) is 32.3 Å². The van der Waals surface area contributed by atoms with E-state index in [9.17, 15) is 5.11 Å². The van der Waals surface area contributed by atoms with Crippen molar-refractivity contribution in [1.82, 2.24) is 0 Å². The minimum atomic E-state index is 0.0855. The largest absolute Gasteiger partial charge is 0.504 e. The van der Waals surface area contributed by atoms with Gasteiger partial charge in [0.15, 0.2) is 5.75 Å². The fourth-order valence-electron chi connectivity index (χ4n) is 2.21. The van der Waals surface area contributed by atoms with Gasteiger partial charge in [0.05, 0.1) is 10.7 Å². The lowest BCUT2D eigenvalue weighted by Gasteiger charge is -2.12. The zero-order valence-corrected chi connectivity index (χ0v) is 13.9. The molecular weight excluding hydrogens is 326 g/mol. The van der Waals surface area contributed by atoms with E-state index in [1.807, 2.05) is 42.5 Å². The van der Waals surface area contributed by atoms with Crippen molar-refractivity contribution in [2.75, 3.05) is 5.32 Å². The minimum Gasteiger partial charge on any atom is -0.504 e. The fraction of sp³-hybridized carbons (Fsp3) is 0.0526. The Morgan fingerprint density at radius 2 is 1.61 bits per heavy atom. The van der Waals surface area contributed by atoms with Gasteiger partial charge in [0, 0.05) is 16.3 Å². The number of phenolic OH excluding ortho intramolecular Hbond substituents is 1. The van der Waals surface area contributed by atoms with Crippen LogP contribution in [0.2, 0.25) is 5.02 Å². The Bertz CT molecular complexity index is 792. The molecule has 0 unspecified atom stereocenters. The number of hydrogen-bond acceptors (Lipinski definition) is 3. The number of para-hydroxylation sites is 1. The fourth-order valence-corrected chi connectivity index (χ4v) is 3.35. The van der Waals surface area contributed by atoms with Crippen LogP contribution in [0.3, 0.4) is 0 Å². The molecule has 0 aromatic heterocycles. The number of nitrogens with one attached hydrogen (secondary N) is 1. The molecule has 3 aromatic rings. The first-order chi connectivity index (χ1) is 11.2. The summed E-state index contributed by atoms with van der Waals surface area (Å²) in [5.41, 5.74) is 1.80. The van der Waals surface area contributed by atoms with Crippen molar-refractivity contribution in [3.63, 3.8) is 0 Å². The lowest BCUT2D eigenvalue weighted by Crippen LogP contribution is -2.01. The molecule has 0 saturated carbocycles. The summed E-state index contributed by atoms with van der Waals surface area (Å²) in [6.07, 6.45) is 0. The minimum absolute atomic E-state index is 0.0855. The maximum absolute atomic E-state index is 9.98. The predicted octanol–water partition coefficient (Wildman–Crippen LogP) is 5.81. The van der Waals surface area contributed by atoms with Crippen molar-refractivity contribution in [2.24, 2.45) is 0 Å². The molecule has 4 heteroatoms. The Morgan fingerprint density at radius 1 is 0.870 bits per heavy atom. The third-order valence-electron chi connectivity index (χ3n) is 3.40. The van der Waals surface area contributed by atoms with E-state index in [4.69, 9.17) is 11.6 Å². The number of phenols is 1. The van der Waals surface area contributed by atoms with Gasteiger partial charge in [0.25, 0.3) is 0 Å². The molecule has 2 N–H and O–H groups in total. The van der Waals surface area contributed by atoms with E-state index in [-0.39, 0.29) is 5.75 Å². The van der Waals surface area contributed by atoms with Crippen LogP contribution in [0.1, 0.15) is 5.56 Å². The Hall–Kier alpha value is -2.10. The van der Waals surface area contributed by atoms with Crippen molar-refractivity contribution in [1.29, 1.82) is 0 Å². The number of halogens is 1. The predicted molar refractivity (Wildman–Crippen MR) is 97.5 cm³/mol. The van der Waals surface area contributed by atoms with Crippen LogP contribution in [0.15, 0.2) is 82.6 Å². The lowest BCUT2D eigenvalue weighted by atomic mass is 10.2. The standard InChI is InChI=1S/C19H16ClNOS/c20-16-10-6-11-17(19(16)22)21-13-14-7-4-5-12-18(14)23-15-8-2-1-3-9-15/h1-12,21-22H,13H2. The van der Waals surface area contributed by atoms with E-state index in [0.29, 0.717) is 17.3 Å². The summed E-state index contributed by atoms with van der Waals surface area (Å²) in [7, 11) is 0. The van der Waals surface area contributed by atoms with Gasteiger partial charge in [-0.15, -0.1) is 0 Å². The summed E-state index contributed by atoms with van der Waals surface area (Å²) in [5.74, 6) is 0.0855. The average molecular weight is 342 g/mol. The zero-order valence-electron chi connectivity index (χ0n) is 12.4. The Morgan fingerprint density at radius 3 is 2.43 bits per heavy atom. The van der Waals surface area contributed by atoms with Crippen molar-refractivity contribution in [2.45, 2.75) is 16.3 Å². The third-order valence-corrected chi connectivity index (χ3v) is 4.83. The van der Waals surface area contributed by atoms with Gasteiger partial charge in [0.2, 0.25) is 0 Å². The summed E-state index contributed by atoms with van der Waals surface area (Å²) in [6.45, 7) is 0.615. The van der Waals surface area contributed by atoms with E-state index in [0.717, 1.165) is 0 Å². The van der Waals surface area contributed by atoms with Crippen LogP contribution in [0, 0.1) is 0 Å². The second-order valence-corrected chi connectivity index (χ2v) is 6.53. The van der Waals surface area contributed by atoms with Crippen LogP contribution in [0.5, 0.6) is 5.75 Å². The molecule has 3 rings (SSSR count). The first-order valence-corrected chi connectivity index (χ1v) is 8.45. The normalized spacial score (nSPS) is 10.5. The molecule has 0 aliphatic heterocycles. The van der Waals surface area contributed by atoms with Crippen LogP contribution >= 0.6 is 23.4 Å². The van der Waals surface area contributed by atoms with Crippen LogP contribution in [-0.4, -0.2) is 5.11 Å². The lowest BCUT2D eigenvalue weighted by molar-refractivity contribution is 0.477. The van der Waals surface area contributed by atoms with Gasteiger partial charge in [-0.25, -0.2) is 0 Å². The van der Waals surface area contributed by atoms with Crippen LogP contribution in [0.25, 0.3) is 0 Å². The van der Waals surface area contributed by atoms with Gasteiger partial charge >= 0.3 is 0 Å². The number of anilines is 1. The van der Waals surface area contributed by atoms with Gasteiger partial charge in [-0.3, -0.25) is 0 Å². The molecule has 0 amide bonds. The molecule has 0 aliphatic carbocycles. The molecule has 0 saturated heterocycles. The van der Waals surface area contributed by atoms with E-state index in [1.165, 1.54) is 15.4 Å². The second kappa shape index (κ2) is 7.44. The first kappa shape index (κ1) is 15.8. The van der Waals surface area contributed by atoms with Gasteiger partial charge in [-0.05, 0) is 35.9 Å². The number of aromatic hydroxyl groups is 1. The van der Waals surface area contributed by atoms with Gasteiger partial charge in [-0.1, -0.05) is 65.8 Å². The highest BCUT2D eigenvalue weighted by atomic mass is 35.5. The summed E-state index contributed by atoms with van der Waals surface area (Å²) >= 11 is 7.67. The summed E-state index contributed by atoms with van der Waals surface area (Å²) < 4.78 is 0. The SMILES string of the molecule is Oc1c(Cl)cccc1NCc1ccccc1Sc1ccccc1. The highest BCUT2D eigenvalue weighted by Gasteiger charge is 2.07. The summed E-state index contributed by atoms with van der Waals surface area (Å²) in [6, 6.07) is 23.8. The molecule has 3 aromatic carbocycles. The highest BCUT2D eigenvalue weighted by Crippen LogP contribution is 2.33. The van der Waals surface area contributed by atoms with Crippen LogP contribution in [-0.2, 0) is 6.54 Å². The molecule has 0 bridgehead atoms. The maximum atomic E-state index is 9.98. The van der Waals surface area contributed by atoms with Crippen molar-refractivity contribution in [3.8, 4) is 5.75 Å². The second-order valence-electron chi connectivity index (χ2n) is 5.01. The van der Waals surface area contributed by atoms with E-state index >= 15 is 0 Å². The quantitative estimate of drug-likeness (QED) is 0.574. The first-order valence-electron chi connectivity index (χ1n) is 7.26. The molecule has 0 atom stereocenters. The Kier molecular flexibility index (Phi) is 5.11. The van der Waals surface area contributed by atoms with E-state index < -0.39 is 0 Å². The molecule has 0 fully saturated rings. The molecule has 0 radical (unpaired) electrons. The number of benzene rings is 3. The molecule has 0 aliphatic rings. The molecule has 0 heterocycles. The van der Waals surface area contributed by atoms with Crippen molar-refractivity contribution < 1.29 is 5.11 Å². The average Bonchev–Trinajstić information content (AvgIpc) is 2.58. The number of rotatable bonds is 5. The Labute approximate surface area is 145 Å². The smallest absolute Gasteiger partial charge is 0.157 e. The van der Waals surface area contributed by atoms with Crippen LogP contribution in [0.4, 0.5) is 5.69 Å². The monoisotopic (exact) mass is 341 g/mol. The molecule has 116 valence electrons.